The number of rotatable bonds is 6. The van der Waals surface area contributed by atoms with Gasteiger partial charge in [-0.05, 0) is 31.5 Å². The van der Waals surface area contributed by atoms with Crippen molar-refractivity contribution in [1.29, 1.82) is 0 Å². The van der Waals surface area contributed by atoms with Gasteiger partial charge in [0.25, 0.3) is 5.91 Å². The van der Waals surface area contributed by atoms with Gasteiger partial charge in [0.15, 0.2) is 6.10 Å². The molecule has 0 bridgehead atoms. The van der Waals surface area contributed by atoms with Crippen molar-refractivity contribution in [1.82, 2.24) is 5.32 Å². The maximum absolute atomic E-state index is 11.9. The molecule has 1 N–H and O–H groups in total. The smallest absolute Gasteiger partial charge is 0.332 e. The molecule has 0 aliphatic carbocycles. The number of hydrogen-bond acceptors (Lipinski definition) is 4. The monoisotopic (exact) mass is 333 g/mol. The number of methoxy groups -OCH3 is 1. The van der Waals surface area contributed by atoms with E-state index in [4.69, 9.17) is 27.9 Å². The van der Waals surface area contributed by atoms with E-state index in [1.807, 2.05) is 0 Å². The van der Waals surface area contributed by atoms with Crippen LogP contribution in [-0.2, 0) is 19.1 Å². The van der Waals surface area contributed by atoms with Crippen LogP contribution in [0.2, 0.25) is 10.0 Å². The van der Waals surface area contributed by atoms with Crippen molar-refractivity contribution in [2.45, 2.75) is 26.0 Å². The van der Waals surface area contributed by atoms with Crippen molar-refractivity contribution in [2.75, 3.05) is 13.7 Å². The summed E-state index contributed by atoms with van der Waals surface area (Å²) in [5.74, 6) is -1.02. The Morgan fingerprint density at radius 1 is 1.29 bits per heavy atom. The van der Waals surface area contributed by atoms with Crippen LogP contribution in [0.1, 0.15) is 25.5 Å². The molecule has 0 radical (unpaired) electrons. The summed E-state index contributed by atoms with van der Waals surface area (Å²) in [5, 5.41) is 3.69. The van der Waals surface area contributed by atoms with Gasteiger partial charge in [-0.3, -0.25) is 4.79 Å². The van der Waals surface area contributed by atoms with Crippen molar-refractivity contribution < 1.29 is 19.1 Å². The summed E-state index contributed by atoms with van der Waals surface area (Å²) in [6.45, 7) is 3.06. The van der Waals surface area contributed by atoms with Crippen molar-refractivity contribution >= 4 is 35.1 Å². The van der Waals surface area contributed by atoms with Crippen LogP contribution in [0.15, 0.2) is 18.2 Å². The normalized spacial score (nSPS) is 13.4. The fourth-order valence-electron chi connectivity index (χ4n) is 1.66. The molecule has 1 aromatic carbocycles. The Balaban J connectivity index is 2.63. The molecule has 21 heavy (non-hydrogen) atoms. The Labute approximate surface area is 133 Å². The molecule has 0 saturated carbocycles. The van der Waals surface area contributed by atoms with E-state index in [1.54, 1.807) is 25.1 Å². The molecule has 1 amide bonds. The molecule has 5 nitrogen and oxygen atoms in total. The molecule has 0 fully saturated rings. The Morgan fingerprint density at radius 3 is 2.52 bits per heavy atom. The molecule has 0 saturated heterocycles. The van der Waals surface area contributed by atoms with Crippen LogP contribution in [0.4, 0.5) is 0 Å². The summed E-state index contributed by atoms with van der Waals surface area (Å²) in [5.41, 5.74) is 0.727. The molecule has 2 atom stereocenters. The molecule has 116 valence electrons. The predicted molar refractivity (Wildman–Crippen MR) is 80.4 cm³/mol. The van der Waals surface area contributed by atoms with Crippen LogP contribution in [0.5, 0.6) is 0 Å². The van der Waals surface area contributed by atoms with E-state index in [0.717, 1.165) is 5.56 Å². The summed E-state index contributed by atoms with van der Waals surface area (Å²) < 4.78 is 9.53. The number of carbonyl (C=O) groups is 2. The molecule has 0 heterocycles. The van der Waals surface area contributed by atoms with E-state index in [2.05, 4.69) is 10.1 Å². The Hall–Kier alpha value is -1.30. The molecule has 0 aliphatic heterocycles. The largest absolute Gasteiger partial charge is 0.451 e. The fraction of sp³-hybridized carbons (Fsp3) is 0.429. The number of carbonyl (C=O) groups excluding carboxylic acids is 2. The van der Waals surface area contributed by atoms with Crippen molar-refractivity contribution in [3.63, 3.8) is 0 Å². The van der Waals surface area contributed by atoms with Gasteiger partial charge in [0, 0.05) is 17.2 Å². The zero-order valence-electron chi connectivity index (χ0n) is 12.0. The fourth-order valence-corrected chi connectivity index (χ4v) is 2.24. The van der Waals surface area contributed by atoms with E-state index in [1.165, 1.54) is 14.0 Å². The SMILES string of the molecule is COCC(=O)O[C@H](C)C(=O)N[C@H](C)c1ccc(Cl)cc1Cl. The third-order valence-corrected chi connectivity index (χ3v) is 3.29. The highest BCUT2D eigenvalue weighted by Crippen LogP contribution is 2.26. The summed E-state index contributed by atoms with van der Waals surface area (Å²) in [7, 11) is 1.37. The van der Waals surface area contributed by atoms with Gasteiger partial charge in [-0.1, -0.05) is 29.3 Å². The van der Waals surface area contributed by atoms with E-state index in [-0.39, 0.29) is 12.6 Å². The van der Waals surface area contributed by atoms with Gasteiger partial charge >= 0.3 is 5.97 Å². The Kier molecular flexibility index (Phi) is 6.95. The van der Waals surface area contributed by atoms with Gasteiger partial charge in [-0.15, -0.1) is 0 Å². The molecular formula is C14H17Cl2NO4. The van der Waals surface area contributed by atoms with Gasteiger partial charge < -0.3 is 14.8 Å². The lowest BCUT2D eigenvalue weighted by Gasteiger charge is -2.19. The highest BCUT2D eigenvalue weighted by Gasteiger charge is 2.20. The topological polar surface area (TPSA) is 64.6 Å². The summed E-state index contributed by atoms with van der Waals surface area (Å²) >= 11 is 11.9. The quantitative estimate of drug-likeness (QED) is 0.813. The minimum atomic E-state index is -0.916. The summed E-state index contributed by atoms with van der Waals surface area (Å²) in [6, 6.07) is 4.68. The second-order valence-corrected chi connectivity index (χ2v) is 5.30. The predicted octanol–water partition coefficient (Wildman–Crippen LogP) is 2.75. The standard InChI is InChI=1S/C14H17Cl2NO4/c1-8(11-5-4-10(15)6-12(11)16)17-14(19)9(2)21-13(18)7-20-3/h4-6,8-9H,7H2,1-3H3,(H,17,19)/t8-,9-/m1/s1. The molecule has 0 aromatic heterocycles. The molecule has 0 unspecified atom stereocenters. The first-order valence-electron chi connectivity index (χ1n) is 6.29. The number of nitrogens with one attached hydrogen (secondary N) is 1. The maximum Gasteiger partial charge on any atom is 0.332 e. The first kappa shape index (κ1) is 17.8. The van der Waals surface area contributed by atoms with E-state index in [0.29, 0.717) is 10.0 Å². The van der Waals surface area contributed by atoms with E-state index in [9.17, 15) is 9.59 Å². The third kappa shape index (κ3) is 5.53. The molecule has 7 heteroatoms. The zero-order chi connectivity index (χ0) is 16.0. The zero-order valence-corrected chi connectivity index (χ0v) is 13.5. The highest BCUT2D eigenvalue weighted by atomic mass is 35.5. The first-order valence-corrected chi connectivity index (χ1v) is 7.04. The number of amides is 1. The minimum absolute atomic E-state index is 0.198. The molecule has 1 aromatic rings. The third-order valence-electron chi connectivity index (χ3n) is 2.73. The van der Waals surface area contributed by atoms with Crippen molar-refractivity contribution in [3.05, 3.63) is 33.8 Å². The van der Waals surface area contributed by atoms with E-state index >= 15 is 0 Å². The number of esters is 1. The summed E-state index contributed by atoms with van der Waals surface area (Å²) in [6.07, 6.45) is -0.916. The number of halogens is 2. The van der Waals surface area contributed by atoms with Gasteiger partial charge in [0.05, 0.1) is 6.04 Å². The number of ether oxygens (including phenoxy) is 2. The maximum atomic E-state index is 11.9. The van der Waals surface area contributed by atoms with Crippen LogP contribution in [0.25, 0.3) is 0 Å². The molecule has 1 rings (SSSR count). The Morgan fingerprint density at radius 2 is 1.95 bits per heavy atom. The van der Waals surface area contributed by atoms with E-state index < -0.39 is 18.0 Å². The lowest BCUT2D eigenvalue weighted by molar-refractivity contribution is -0.158. The lowest BCUT2D eigenvalue weighted by Crippen LogP contribution is -2.37. The average Bonchev–Trinajstić information content (AvgIpc) is 2.38. The minimum Gasteiger partial charge on any atom is -0.451 e. The van der Waals surface area contributed by atoms with Gasteiger partial charge in [-0.2, -0.15) is 0 Å². The van der Waals surface area contributed by atoms with Crippen molar-refractivity contribution in [3.8, 4) is 0 Å². The Bertz CT molecular complexity index is 522. The van der Waals surface area contributed by atoms with Gasteiger partial charge in [0.2, 0.25) is 0 Å². The van der Waals surface area contributed by atoms with Gasteiger partial charge in [0.1, 0.15) is 6.61 Å². The van der Waals surface area contributed by atoms with Crippen molar-refractivity contribution in [2.24, 2.45) is 0 Å². The molecule has 0 spiro atoms. The lowest BCUT2D eigenvalue weighted by atomic mass is 10.1. The van der Waals surface area contributed by atoms with Crippen LogP contribution in [-0.4, -0.2) is 31.7 Å². The number of benzene rings is 1. The molecular weight excluding hydrogens is 317 g/mol. The summed E-state index contributed by atoms with van der Waals surface area (Å²) in [4.78, 5) is 23.2. The van der Waals surface area contributed by atoms with Gasteiger partial charge in [-0.25, -0.2) is 4.79 Å². The van der Waals surface area contributed by atoms with Crippen LogP contribution in [0, 0.1) is 0 Å². The average molecular weight is 334 g/mol. The first-order chi connectivity index (χ1) is 9.85. The molecule has 0 aliphatic rings. The van der Waals surface area contributed by atoms with Crippen LogP contribution >= 0.6 is 23.2 Å². The van der Waals surface area contributed by atoms with Crippen LogP contribution < -0.4 is 5.32 Å². The second kappa shape index (κ2) is 8.22. The second-order valence-electron chi connectivity index (χ2n) is 4.46. The van der Waals surface area contributed by atoms with Crippen LogP contribution in [0.3, 0.4) is 0 Å². The highest BCUT2D eigenvalue weighted by molar-refractivity contribution is 6.35. The number of hydrogen-bond donors (Lipinski definition) is 1.